The van der Waals surface area contributed by atoms with Gasteiger partial charge in [0.25, 0.3) is 5.91 Å². The molecule has 0 fully saturated rings. The second-order valence-corrected chi connectivity index (χ2v) is 6.13. The molecule has 0 aliphatic rings. The summed E-state index contributed by atoms with van der Waals surface area (Å²) in [5.74, 6) is 0.913. The highest BCUT2D eigenvalue weighted by atomic mass is 16.5. The number of methoxy groups -OCH3 is 1. The number of carbonyl (C=O) groups excluding carboxylic acids is 1. The van der Waals surface area contributed by atoms with E-state index < -0.39 is 6.10 Å². The van der Waals surface area contributed by atoms with Crippen molar-refractivity contribution >= 4 is 11.6 Å². The van der Waals surface area contributed by atoms with Crippen LogP contribution in [0.25, 0.3) is 0 Å². The monoisotopic (exact) mass is 362 g/mol. The largest absolute Gasteiger partial charge is 0.493 e. The lowest BCUT2D eigenvalue weighted by molar-refractivity contribution is -0.122. The summed E-state index contributed by atoms with van der Waals surface area (Å²) in [4.78, 5) is 16.4. The van der Waals surface area contributed by atoms with E-state index in [0.717, 1.165) is 17.7 Å². The van der Waals surface area contributed by atoms with Gasteiger partial charge in [0.2, 0.25) is 0 Å². The first kappa shape index (κ1) is 18.5. The first-order valence-electron chi connectivity index (χ1n) is 8.74. The number of nitrogens with zero attached hydrogens (tertiary/aromatic N) is 1. The van der Waals surface area contributed by atoms with Gasteiger partial charge in [-0.3, -0.25) is 9.78 Å². The molecule has 5 heteroatoms. The summed E-state index contributed by atoms with van der Waals surface area (Å²) in [6, 6.07) is 19.0. The van der Waals surface area contributed by atoms with Gasteiger partial charge >= 0.3 is 0 Å². The standard InChI is InChI=1S/C22H22N2O3/c1-16(27-21-6-4-3-5-20(21)26-2)22(25)24-19-9-7-17(8-10-19)15-18-11-13-23-14-12-18/h3-14,16H,15H2,1-2H3,(H,24,25)/t16-/m0/s1. The Morgan fingerprint density at radius 3 is 2.26 bits per heavy atom. The minimum atomic E-state index is -0.655. The Morgan fingerprint density at radius 2 is 1.59 bits per heavy atom. The van der Waals surface area contributed by atoms with Gasteiger partial charge in [-0.25, -0.2) is 0 Å². The van der Waals surface area contributed by atoms with Crippen molar-refractivity contribution in [1.82, 2.24) is 4.98 Å². The van der Waals surface area contributed by atoms with Crippen LogP contribution < -0.4 is 14.8 Å². The van der Waals surface area contributed by atoms with Crippen molar-refractivity contribution in [2.24, 2.45) is 0 Å². The van der Waals surface area contributed by atoms with Crippen molar-refractivity contribution in [1.29, 1.82) is 0 Å². The molecule has 0 bridgehead atoms. The van der Waals surface area contributed by atoms with Crippen molar-refractivity contribution in [2.75, 3.05) is 12.4 Å². The average Bonchev–Trinajstić information content (AvgIpc) is 2.70. The Hall–Kier alpha value is -3.34. The SMILES string of the molecule is COc1ccccc1O[C@@H](C)C(=O)Nc1ccc(Cc2ccncc2)cc1. The van der Waals surface area contributed by atoms with Crippen LogP contribution in [-0.2, 0) is 11.2 Å². The third-order valence-electron chi connectivity index (χ3n) is 4.12. The van der Waals surface area contributed by atoms with Crippen LogP contribution in [0.2, 0.25) is 0 Å². The van der Waals surface area contributed by atoms with E-state index in [1.807, 2.05) is 48.5 Å². The van der Waals surface area contributed by atoms with Crippen LogP contribution in [0.3, 0.4) is 0 Å². The van der Waals surface area contributed by atoms with Gasteiger partial charge in [0.1, 0.15) is 0 Å². The molecule has 0 unspecified atom stereocenters. The molecular formula is C22H22N2O3. The van der Waals surface area contributed by atoms with Gasteiger partial charge in [-0.1, -0.05) is 24.3 Å². The maximum absolute atomic E-state index is 12.4. The lowest BCUT2D eigenvalue weighted by atomic mass is 10.1. The quantitative estimate of drug-likeness (QED) is 0.688. The molecule has 5 nitrogen and oxygen atoms in total. The molecule has 0 spiro atoms. The van der Waals surface area contributed by atoms with Gasteiger partial charge in [0.05, 0.1) is 7.11 Å². The molecule has 0 saturated carbocycles. The molecule has 27 heavy (non-hydrogen) atoms. The first-order valence-corrected chi connectivity index (χ1v) is 8.74. The summed E-state index contributed by atoms with van der Waals surface area (Å²) in [5.41, 5.74) is 3.09. The van der Waals surface area contributed by atoms with Crippen molar-refractivity contribution in [3.8, 4) is 11.5 Å². The number of ether oxygens (including phenoxy) is 2. The number of rotatable bonds is 7. The molecule has 1 amide bonds. The summed E-state index contributed by atoms with van der Waals surface area (Å²) < 4.78 is 11.0. The Morgan fingerprint density at radius 1 is 0.963 bits per heavy atom. The number of hydrogen-bond acceptors (Lipinski definition) is 4. The topological polar surface area (TPSA) is 60.5 Å². The minimum absolute atomic E-state index is 0.220. The number of benzene rings is 2. The number of nitrogens with one attached hydrogen (secondary N) is 1. The summed E-state index contributed by atoms with van der Waals surface area (Å²) >= 11 is 0. The van der Waals surface area contributed by atoms with E-state index in [1.165, 1.54) is 5.56 Å². The van der Waals surface area contributed by atoms with Gasteiger partial charge in [0, 0.05) is 18.1 Å². The highest BCUT2D eigenvalue weighted by molar-refractivity contribution is 5.94. The minimum Gasteiger partial charge on any atom is -0.493 e. The van der Waals surface area contributed by atoms with Crippen molar-refractivity contribution in [2.45, 2.75) is 19.4 Å². The van der Waals surface area contributed by atoms with Gasteiger partial charge in [0.15, 0.2) is 17.6 Å². The molecule has 0 radical (unpaired) electrons. The fraction of sp³-hybridized carbons (Fsp3) is 0.182. The van der Waals surface area contributed by atoms with E-state index >= 15 is 0 Å². The fourth-order valence-corrected chi connectivity index (χ4v) is 2.65. The highest BCUT2D eigenvalue weighted by Crippen LogP contribution is 2.27. The Kier molecular flexibility index (Phi) is 6.05. The van der Waals surface area contributed by atoms with Crippen LogP contribution in [-0.4, -0.2) is 24.1 Å². The van der Waals surface area contributed by atoms with E-state index in [-0.39, 0.29) is 5.91 Å². The van der Waals surface area contributed by atoms with E-state index in [4.69, 9.17) is 9.47 Å². The van der Waals surface area contributed by atoms with Crippen LogP contribution in [0, 0.1) is 0 Å². The molecule has 1 atom stereocenters. The predicted molar refractivity (Wildman–Crippen MR) is 105 cm³/mol. The number of aromatic nitrogens is 1. The van der Waals surface area contributed by atoms with Gasteiger partial charge in [-0.2, -0.15) is 0 Å². The first-order chi connectivity index (χ1) is 13.2. The molecule has 2 aromatic carbocycles. The summed E-state index contributed by atoms with van der Waals surface area (Å²) in [6.45, 7) is 1.71. The Balaban J connectivity index is 1.58. The van der Waals surface area contributed by atoms with Gasteiger partial charge < -0.3 is 14.8 Å². The number of para-hydroxylation sites is 2. The number of amides is 1. The van der Waals surface area contributed by atoms with Gasteiger partial charge in [-0.15, -0.1) is 0 Å². The molecule has 138 valence electrons. The van der Waals surface area contributed by atoms with E-state index in [9.17, 15) is 4.79 Å². The summed E-state index contributed by atoms with van der Waals surface area (Å²) in [6.07, 6.45) is 3.74. The van der Waals surface area contributed by atoms with Crippen LogP contribution >= 0.6 is 0 Å². The van der Waals surface area contributed by atoms with Crippen molar-refractivity contribution in [3.63, 3.8) is 0 Å². The van der Waals surface area contributed by atoms with E-state index in [2.05, 4.69) is 10.3 Å². The third kappa shape index (κ3) is 5.07. The fourth-order valence-electron chi connectivity index (χ4n) is 2.65. The zero-order chi connectivity index (χ0) is 19.1. The zero-order valence-electron chi connectivity index (χ0n) is 15.4. The second kappa shape index (κ2) is 8.85. The van der Waals surface area contributed by atoms with Crippen LogP contribution in [0.5, 0.6) is 11.5 Å². The number of anilines is 1. The summed E-state index contributed by atoms with van der Waals surface area (Å²) in [7, 11) is 1.57. The average molecular weight is 362 g/mol. The molecule has 0 aliphatic carbocycles. The van der Waals surface area contributed by atoms with Crippen LogP contribution in [0.15, 0.2) is 73.1 Å². The normalized spacial score (nSPS) is 11.5. The van der Waals surface area contributed by atoms with E-state index in [1.54, 1.807) is 38.6 Å². The van der Waals surface area contributed by atoms with Crippen LogP contribution in [0.1, 0.15) is 18.1 Å². The Labute approximate surface area is 159 Å². The molecule has 1 heterocycles. The van der Waals surface area contributed by atoms with Crippen molar-refractivity contribution < 1.29 is 14.3 Å². The highest BCUT2D eigenvalue weighted by Gasteiger charge is 2.16. The molecular weight excluding hydrogens is 340 g/mol. The lowest BCUT2D eigenvalue weighted by Crippen LogP contribution is -2.30. The molecule has 3 aromatic rings. The molecule has 1 N–H and O–H groups in total. The lowest BCUT2D eigenvalue weighted by Gasteiger charge is -2.16. The molecule has 3 rings (SSSR count). The van der Waals surface area contributed by atoms with Crippen molar-refractivity contribution in [3.05, 3.63) is 84.2 Å². The molecule has 1 aromatic heterocycles. The number of hydrogen-bond donors (Lipinski definition) is 1. The molecule has 0 saturated heterocycles. The number of pyridine rings is 1. The zero-order valence-corrected chi connectivity index (χ0v) is 15.4. The Bertz CT molecular complexity index is 880. The summed E-state index contributed by atoms with van der Waals surface area (Å²) in [5, 5.41) is 2.88. The smallest absolute Gasteiger partial charge is 0.265 e. The van der Waals surface area contributed by atoms with Gasteiger partial charge in [-0.05, 0) is 60.9 Å². The van der Waals surface area contributed by atoms with E-state index in [0.29, 0.717) is 11.5 Å². The second-order valence-electron chi connectivity index (χ2n) is 6.13. The third-order valence-corrected chi connectivity index (χ3v) is 4.12. The van der Waals surface area contributed by atoms with Crippen LogP contribution in [0.4, 0.5) is 5.69 Å². The number of carbonyl (C=O) groups is 1. The predicted octanol–water partition coefficient (Wildman–Crippen LogP) is 4.09. The molecule has 0 aliphatic heterocycles. The maximum atomic E-state index is 12.4. The maximum Gasteiger partial charge on any atom is 0.265 e.